The van der Waals surface area contributed by atoms with Gasteiger partial charge in [-0.2, -0.15) is 11.8 Å². The molecule has 6 nitrogen and oxygen atoms in total. The molecule has 1 aliphatic rings. The molecule has 2 atom stereocenters. The SMILES string of the molecule is CC1CN(c2c(Cl)cc([N+](=O)[O-])cc2C(=O)O)CC(C)S1. The van der Waals surface area contributed by atoms with Crippen LogP contribution >= 0.6 is 23.4 Å². The van der Waals surface area contributed by atoms with Crippen molar-refractivity contribution in [2.75, 3.05) is 18.0 Å². The van der Waals surface area contributed by atoms with Crippen LogP contribution in [0.15, 0.2) is 12.1 Å². The Bertz CT molecular complexity index is 586. The van der Waals surface area contributed by atoms with Gasteiger partial charge in [0.1, 0.15) is 0 Å². The fourth-order valence-electron chi connectivity index (χ4n) is 2.54. The van der Waals surface area contributed by atoms with Crippen molar-refractivity contribution in [1.82, 2.24) is 0 Å². The van der Waals surface area contributed by atoms with Gasteiger partial charge >= 0.3 is 5.97 Å². The van der Waals surface area contributed by atoms with Crippen LogP contribution in [0.4, 0.5) is 11.4 Å². The summed E-state index contributed by atoms with van der Waals surface area (Å²) in [4.78, 5) is 23.6. The van der Waals surface area contributed by atoms with Crippen LogP contribution in [-0.2, 0) is 0 Å². The number of nitrogens with zero attached hydrogens (tertiary/aromatic N) is 2. The molecule has 0 bridgehead atoms. The summed E-state index contributed by atoms with van der Waals surface area (Å²) in [6, 6.07) is 2.28. The summed E-state index contributed by atoms with van der Waals surface area (Å²) in [5, 5.41) is 21.0. The van der Waals surface area contributed by atoms with Crippen molar-refractivity contribution < 1.29 is 14.8 Å². The van der Waals surface area contributed by atoms with Crippen molar-refractivity contribution >= 4 is 40.7 Å². The van der Waals surface area contributed by atoms with Gasteiger partial charge in [-0.05, 0) is 0 Å². The maximum absolute atomic E-state index is 11.4. The predicted octanol–water partition coefficient (Wildman–Crippen LogP) is 3.28. The number of anilines is 1. The Balaban J connectivity index is 2.51. The fraction of sp³-hybridized carbons (Fsp3) is 0.462. The Hall–Kier alpha value is -1.47. The van der Waals surface area contributed by atoms with E-state index in [-0.39, 0.29) is 16.3 Å². The third-order valence-electron chi connectivity index (χ3n) is 3.23. The molecule has 1 aromatic carbocycles. The van der Waals surface area contributed by atoms with Crippen LogP contribution < -0.4 is 4.90 Å². The molecule has 2 unspecified atom stereocenters. The minimum Gasteiger partial charge on any atom is -0.478 e. The second-order valence-corrected chi connectivity index (χ2v) is 7.34. The number of hydrogen-bond acceptors (Lipinski definition) is 5. The summed E-state index contributed by atoms with van der Waals surface area (Å²) in [7, 11) is 0. The summed E-state index contributed by atoms with van der Waals surface area (Å²) in [6.45, 7) is 5.44. The zero-order valence-corrected chi connectivity index (χ0v) is 13.1. The minimum atomic E-state index is -1.21. The number of nitro benzene ring substituents is 1. The number of carbonyl (C=O) groups is 1. The van der Waals surface area contributed by atoms with Gasteiger partial charge in [-0.15, -0.1) is 0 Å². The number of thioether (sulfide) groups is 1. The molecule has 1 saturated heterocycles. The Labute approximate surface area is 131 Å². The number of halogens is 1. The van der Waals surface area contributed by atoms with Crippen molar-refractivity contribution in [2.45, 2.75) is 24.3 Å². The maximum Gasteiger partial charge on any atom is 0.338 e. The van der Waals surface area contributed by atoms with E-state index in [0.717, 1.165) is 6.07 Å². The second-order valence-electron chi connectivity index (χ2n) is 5.05. The molecule has 0 aliphatic carbocycles. The van der Waals surface area contributed by atoms with Crippen molar-refractivity contribution in [3.8, 4) is 0 Å². The predicted molar refractivity (Wildman–Crippen MR) is 83.8 cm³/mol. The molecular formula is C13H15ClN2O4S. The third-order valence-corrected chi connectivity index (χ3v) is 4.74. The van der Waals surface area contributed by atoms with Gasteiger partial charge in [0.25, 0.3) is 5.69 Å². The number of rotatable bonds is 3. The summed E-state index contributed by atoms with van der Waals surface area (Å²) in [6.07, 6.45) is 0. The molecule has 2 rings (SSSR count). The molecule has 114 valence electrons. The van der Waals surface area contributed by atoms with E-state index in [1.54, 1.807) is 0 Å². The molecule has 1 fully saturated rings. The zero-order chi connectivity index (χ0) is 15.7. The first-order valence-electron chi connectivity index (χ1n) is 6.41. The largest absolute Gasteiger partial charge is 0.478 e. The lowest BCUT2D eigenvalue weighted by Crippen LogP contribution is -2.41. The molecular weight excluding hydrogens is 316 g/mol. The number of nitro groups is 1. The van der Waals surface area contributed by atoms with E-state index in [1.165, 1.54) is 6.07 Å². The van der Waals surface area contributed by atoms with E-state index in [4.69, 9.17) is 11.6 Å². The fourth-order valence-corrected chi connectivity index (χ4v) is 4.19. The highest BCUT2D eigenvalue weighted by molar-refractivity contribution is 8.00. The summed E-state index contributed by atoms with van der Waals surface area (Å²) >= 11 is 7.96. The van der Waals surface area contributed by atoms with E-state index >= 15 is 0 Å². The van der Waals surface area contributed by atoms with Crippen LogP contribution in [-0.4, -0.2) is 39.6 Å². The highest BCUT2D eigenvalue weighted by atomic mass is 35.5. The second kappa shape index (κ2) is 6.11. The first-order chi connectivity index (χ1) is 9.79. The number of carboxylic acids is 1. The molecule has 0 aromatic heterocycles. The van der Waals surface area contributed by atoms with E-state index in [9.17, 15) is 20.0 Å². The van der Waals surface area contributed by atoms with E-state index < -0.39 is 10.9 Å². The topological polar surface area (TPSA) is 83.7 Å². The van der Waals surface area contributed by atoms with Crippen LogP contribution in [0, 0.1) is 10.1 Å². The lowest BCUT2D eigenvalue weighted by Gasteiger charge is -2.37. The van der Waals surface area contributed by atoms with Crippen LogP contribution in [0.2, 0.25) is 5.02 Å². The lowest BCUT2D eigenvalue weighted by molar-refractivity contribution is -0.384. The molecule has 0 spiro atoms. The van der Waals surface area contributed by atoms with Gasteiger partial charge in [0.05, 0.1) is 21.2 Å². The first-order valence-corrected chi connectivity index (χ1v) is 7.73. The summed E-state index contributed by atoms with van der Waals surface area (Å²) in [5.74, 6) is -1.21. The van der Waals surface area contributed by atoms with Crippen LogP contribution in [0.3, 0.4) is 0 Å². The van der Waals surface area contributed by atoms with Crippen molar-refractivity contribution in [3.05, 3.63) is 32.8 Å². The molecule has 1 aromatic rings. The first kappa shape index (κ1) is 15.9. The van der Waals surface area contributed by atoms with Gasteiger partial charge in [-0.3, -0.25) is 10.1 Å². The molecule has 0 amide bonds. The maximum atomic E-state index is 11.4. The molecule has 1 N–H and O–H groups in total. The molecule has 8 heteroatoms. The van der Waals surface area contributed by atoms with Crippen LogP contribution in [0.25, 0.3) is 0 Å². The van der Waals surface area contributed by atoms with Gasteiger partial charge in [-0.1, -0.05) is 25.4 Å². The Morgan fingerprint density at radius 3 is 2.48 bits per heavy atom. The van der Waals surface area contributed by atoms with Crippen LogP contribution in [0.1, 0.15) is 24.2 Å². The standard InChI is InChI=1S/C13H15ClN2O4S/c1-7-5-15(6-8(2)21-7)12-10(13(17)18)3-9(16(19)20)4-11(12)14/h3-4,7-8H,5-6H2,1-2H3,(H,17,18). The quantitative estimate of drug-likeness (QED) is 0.676. The number of benzene rings is 1. The Morgan fingerprint density at radius 2 is 2.00 bits per heavy atom. The van der Waals surface area contributed by atoms with Crippen molar-refractivity contribution in [3.63, 3.8) is 0 Å². The average Bonchev–Trinajstić information content (AvgIpc) is 2.36. The summed E-state index contributed by atoms with van der Waals surface area (Å²) < 4.78 is 0. The number of aromatic carboxylic acids is 1. The number of non-ortho nitro benzene ring substituents is 1. The molecule has 21 heavy (non-hydrogen) atoms. The normalized spacial score (nSPS) is 22.1. The van der Waals surface area contributed by atoms with Gasteiger partial charge < -0.3 is 10.0 Å². The zero-order valence-electron chi connectivity index (χ0n) is 11.6. The molecule has 1 aliphatic heterocycles. The number of carboxylic acid groups (broad SMARTS) is 1. The highest BCUT2D eigenvalue weighted by Crippen LogP contribution is 2.37. The Morgan fingerprint density at radius 1 is 1.43 bits per heavy atom. The van der Waals surface area contributed by atoms with Gasteiger partial charge in [0.2, 0.25) is 0 Å². The van der Waals surface area contributed by atoms with Crippen molar-refractivity contribution in [2.24, 2.45) is 0 Å². The van der Waals surface area contributed by atoms with Gasteiger partial charge in [0.15, 0.2) is 0 Å². The van der Waals surface area contributed by atoms with E-state index in [1.807, 2.05) is 16.7 Å². The highest BCUT2D eigenvalue weighted by Gasteiger charge is 2.29. The van der Waals surface area contributed by atoms with Gasteiger partial charge in [0, 0.05) is 35.7 Å². The Kier molecular flexibility index (Phi) is 4.63. The third kappa shape index (κ3) is 3.41. The molecule has 0 radical (unpaired) electrons. The average molecular weight is 331 g/mol. The van der Waals surface area contributed by atoms with Crippen molar-refractivity contribution in [1.29, 1.82) is 0 Å². The minimum absolute atomic E-state index is 0.105. The van der Waals surface area contributed by atoms with Crippen LogP contribution in [0.5, 0.6) is 0 Å². The van der Waals surface area contributed by atoms with E-state index in [0.29, 0.717) is 29.3 Å². The van der Waals surface area contributed by atoms with E-state index in [2.05, 4.69) is 13.8 Å². The smallest absolute Gasteiger partial charge is 0.338 e. The number of hydrogen-bond donors (Lipinski definition) is 1. The summed E-state index contributed by atoms with van der Waals surface area (Å²) in [5.41, 5.74) is -0.0668. The lowest BCUT2D eigenvalue weighted by atomic mass is 10.1. The monoisotopic (exact) mass is 330 g/mol. The molecule has 0 saturated carbocycles. The van der Waals surface area contributed by atoms with Gasteiger partial charge in [-0.25, -0.2) is 4.79 Å². The molecule has 1 heterocycles.